The molecule has 1 aromatic rings. The molecule has 0 aliphatic carbocycles. The lowest BCUT2D eigenvalue weighted by molar-refractivity contribution is -0.268. The largest absolute Gasteiger partial charge is 0.872 e. The summed E-state index contributed by atoms with van der Waals surface area (Å²) in [5.74, 6) is -1.61. The molecule has 1 rings (SSSR count). The summed E-state index contributed by atoms with van der Waals surface area (Å²) in [6.45, 7) is 1.74. The minimum Gasteiger partial charge on any atom is -0.872 e. The fourth-order valence-corrected chi connectivity index (χ4v) is 0.811. The van der Waals surface area contributed by atoms with Gasteiger partial charge in [0.25, 0.3) is 0 Å². The van der Waals surface area contributed by atoms with E-state index in [9.17, 15) is 9.90 Å². The van der Waals surface area contributed by atoms with Gasteiger partial charge in [0.2, 0.25) is 0 Å². The van der Waals surface area contributed by atoms with Crippen molar-refractivity contribution in [3.63, 3.8) is 0 Å². The smallest absolute Gasteiger partial charge is 0.335 e. The van der Waals surface area contributed by atoms with E-state index in [1.165, 1.54) is 12.1 Å². The van der Waals surface area contributed by atoms with Gasteiger partial charge in [-0.25, -0.2) is 4.79 Å². The van der Waals surface area contributed by atoms with E-state index in [0.29, 0.717) is 0 Å². The van der Waals surface area contributed by atoms with Crippen LogP contribution in [-0.4, -0.2) is 11.1 Å². The molecule has 0 bridgehead atoms. The fraction of sp³-hybridized carbons (Fsp3) is 0.125. The minimum atomic E-state index is -1.17. The Labute approximate surface area is 63.9 Å². The summed E-state index contributed by atoms with van der Waals surface area (Å²) in [6, 6.07) is 4.22. The summed E-state index contributed by atoms with van der Waals surface area (Å²) >= 11 is 0. The van der Waals surface area contributed by atoms with Gasteiger partial charge in [-0.15, -0.1) is 0 Å². The predicted octanol–water partition coefficient (Wildman–Crippen LogP) is 0.767. The molecule has 0 fully saturated rings. The van der Waals surface area contributed by atoms with Crippen molar-refractivity contribution in [3.8, 4) is 5.75 Å². The van der Waals surface area contributed by atoms with Gasteiger partial charge >= 0.3 is 5.97 Å². The summed E-state index contributed by atoms with van der Waals surface area (Å²) in [5.41, 5.74) is 0.618. The number of carbonyl (C=O) groups is 1. The van der Waals surface area contributed by atoms with Crippen LogP contribution in [0.1, 0.15) is 15.9 Å². The van der Waals surface area contributed by atoms with Crippen molar-refractivity contribution >= 4 is 5.97 Å². The maximum Gasteiger partial charge on any atom is 0.335 e. The number of aryl methyl sites for hydroxylation is 1. The highest BCUT2D eigenvalue weighted by Gasteiger charge is 2.02. The van der Waals surface area contributed by atoms with Crippen molar-refractivity contribution in [2.75, 3.05) is 0 Å². The Hall–Kier alpha value is -1.51. The quantitative estimate of drug-likeness (QED) is 0.644. The van der Waals surface area contributed by atoms with E-state index in [0.717, 1.165) is 5.56 Å². The summed E-state index contributed by atoms with van der Waals surface area (Å²) in [4.78, 5) is 10.4. The highest BCUT2D eigenvalue weighted by Crippen LogP contribution is 2.14. The molecule has 0 aliphatic heterocycles. The molecule has 3 nitrogen and oxygen atoms in total. The zero-order valence-electron chi connectivity index (χ0n) is 6.00. The molecule has 0 aliphatic rings. The first-order valence-corrected chi connectivity index (χ1v) is 3.12. The lowest BCUT2D eigenvalue weighted by atomic mass is 10.1. The molecule has 0 unspecified atom stereocenters. The molecular weight excluding hydrogens is 144 g/mol. The number of hydrogen-bond acceptors (Lipinski definition) is 2. The van der Waals surface area contributed by atoms with Gasteiger partial charge in [-0.1, -0.05) is 23.4 Å². The Kier molecular flexibility index (Phi) is 1.81. The second-order valence-electron chi connectivity index (χ2n) is 2.30. The van der Waals surface area contributed by atoms with Crippen LogP contribution in [0, 0.1) is 6.92 Å². The molecule has 58 valence electrons. The van der Waals surface area contributed by atoms with Crippen LogP contribution >= 0.6 is 0 Å². The average Bonchev–Trinajstić information content (AvgIpc) is 1.94. The molecule has 0 spiro atoms. The Morgan fingerprint density at radius 3 is 2.64 bits per heavy atom. The van der Waals surface area contributed by atoms with Crippen LogP contribution < -0.4 is 5.11 Å². The first-order valence-electron chi connectivity index (χ1n) is 3.12. The fourth-order valence-electron chi connectivity index (χ4n) is 0.811. The Morgan fingerprint density at radius 1 is 1.55 bits per heavy atom. The van der Waals surface area contributed by atoms with Crippen LogP contribution in [0.5, 0.6) is 5.75 Å². The highest BCUT2D eigenvalue weighted by molar-refractivity contribution is 5.90. The molecule has 0 saturated heterocycles. The van der Waals surface area contributed by atoms with E-state index in [4.69, 9.17) is 5.11 Å². The van der Waals surface area contributed by atoms with Crippen molar-refractivity contribution < 1.29 is 15.0 Å². The standard InChI is InChI=1S/C8H8O3/c1-5-2-3-7(9)6(4-5)8(10)11/h2-4,9H,1H3,(H,10,11)/p-1. The summed E-state index contributed by atoms with van der Waals surface area (Å²) in [5, 5.41) is 19.3. The maximum atomic E-state index is 10.8. The summed E-state index contributed by atoms with van der Waals surface area (Å²) in [6.07, 6.45) is 0. The average molecular weight is 151 g/mol. The van der Waals surface area contributed by atoms with E-state index in [1.807, 2.05) is 0 Å². The van der Waals surface area contributed by atoms with Gasteiger partial charge in [-0.2, -0.15) is 0 Å². The van der Waals surface area contributed by atoms with Gasteiger partial charge < -0.3 is 10.2 Å². The SMILES string of the molecule is Cc1ccc([O-])c(C(=O)O)c1. The molecule has 0 amide bonds. The van der Waals surface area contributed by atoms with Crippen molar-refractivity contribution in [1.29, 1.82) is 0 Å². The number of carboxylic acid groups (broad SMARTS) is 1. The number of aromatic carboxylic acids is 1. The van der Waals surface area contributed by atoms with Gasteiger partial charge in [0.1, 0.15) is 0 Å². The van der Waals surface area contributed by atoms with E-state index < -0.39 is 11.7 Å². The van der Waals surface area contributed by atoms with Crippen molar-refractivity contribution in [3.05, 3.63) is 29.3 Å². The molecule has 1 aromatic carbocycles. The molecule has 11 heavy (non-hydrogen) atoms. The van der Waals surface area contributed by atoms with Crippen molar-refractivity contribution in [2.24, 2.45) is 0 Å². The summed E-state index contributed by atoms with van der Waals surface area (Å²) in [7, 11) is 0. The number of rotatable bonds is 1. The van der Waals surface area contributed by atoms with Gasteiger partial charge in [0.05, 0.1) is 5.56 Å². The third kappa shape index (κ3) is 1.49. The zero-order chi connectivity index (χ0) is 8.43. The molecule has 0 heterocycles. The Balaban J connectivity index is 3.23. The van der Waals surface area contributed by atoms with E-state index >= 15 is 0 Å². The van der Waals surface area contributed by atoms with Crippen LogP contribution in [0.4, 0.5) is 0 Å². The minimum absolute atomic E-state index is 0.162. The first-order chi connectivity index (χ1) is 5.11. The van der Waals surface area contributed by atoms with E-state index in [-0.39, 0.29) is 5.56 Å². The normalized spacial score (nSPS) is 9.55. The topological polar surface area (TPSA) is 60.4 Å². The monoisotopic (exact) mass is 151 g/mol. The maximum absolute atomic E-state index is 10.8. The highest BCUT2D eigenvalue weighted by atomic mass is 16.4. The van der Waals surface area contributed by atoms with Gasteiger partial charge in [-0.3, -0.25) is 0 Å². The van der Waals surface area contributed by atoms with E-state index in [2.05, 4.69) is 0 Å². The zero-order valence-corrected chi connectivity index (χ0v) is 6.00. The molecule has 1 N–H and O–H groups in total. The second-order valence-corrected chi connectivity index (χ2v) is 2.30. The molecule has 0 atom stereocenters. The second kappa shape index (κ2) is 2.62. The molecule has 0 saturated carbocycles. The Bertz CT molecular complexity index is 291. The molecule has 3 heteroatoms. The predicted molar refractivity (Wildman–Crippen MR) is 37.6 cm³/mol. The molecule has 0 radical (unpaired) electrons. The van der Waals surface area contributed by atoms with Crippen molar-refractivity contribution in [2.45, 2.75) is 6.92 Å². The number of benzene rings is 1. The third-order valence-corrected chi connectivity index (χ3v) is 1.37. The van der Waals surface area contributed by atoms with Crippen LogP contribution in [-0.2, 0) is 0 Å². The lowest BCUT2D eigenvalue weighted by Crippen LogP contribution is -2.03. The van der Waals surface area contributed by atoms with Crippen molar-refractivity contribution in [1.82, 2.24) is 0 Å². The van der Waals surface area contributed by atoms with Crippen LogP contribution in [0.2, 0.25) is 0 Å². The van der Waals surface area contributed by atoms with Gasteiger partial charge in [0.15, 0.2) is 0 Å². The Morgan fingerprint density at radius 2 is 2.18 bits per heavy atom. The summed E-state index contributed by atoms with van der Waals surface area (Å²) < 4.78 is 0. The third-order valence-electron chi connectivity index (χ3n) is 1.37. The first kappa shape index (κ1) is 7.60. The van der Waals surface area contributed by atoms with Crippen LogP contribution in [0.25, 0.3) is 0 Å². The van der Waals surface area contributed by atoms with Gasteiger partial charge in [0, 0.05) is 0 Å². The van der Waals surface area contributed by atoms with Crippen LogP contribution in [0.15, 0.2) is 18.2 Å². The van der Waals surface area contributed by atoms with Crippen LogP contribution in [0.3, 0.4) is 0 Å². The number of hydrogen-bond donors (Lipinski definition) is 1. The lowest BCUT2D eigenvalue weighted by Gasteiger charge is -2.09. The molecule has 0 aromatic heterocycles. The molecular formula is C8H7O3-. The van der Waals surface area contributed by atoms with E-state index in [1.54, 1.807) is 13.0 Å². The van der Waals surface area contributed by atoms with Gasteiger partial charge in [-0.05, 0) is 13.0 Å². The number of carboxylic acids is 1.